The van der Waals surface area contributed by atoms with Gasteiger partial charge in [-0.2, -0.15) is 0 Å². The van der Waals surface area contributed by atoms with Gasteiger partial charge in [-0.3, -0.25) is 4.79 Å². The zero-order chi connectivity index (χ0) is 14.0. The summed E-state index contributed by atoms with van der Waals surface area (Å²) in [4.78, 5) is 28.7. The molecular formula is C13H16N2O4. The molecule has 1 aliphatic rings. The van der Waals surface area contributed by atoms with Gasteiger partial charge in [0.2, 0.25) is 0 Å². The van der Waals surface area contributed by atoms with Crippen LogP contribution in [0.1, 0.15) is 30.3 Å². The molecule has 0 saturated carbocycles. The fourth-order valence-electron chi connectivity index (χ4n) is 2.32. The number of rotatable bonds is 2. The second kappa shape index (κ2) is 5.26. The standard InChI is InChI=1S/C13H16N2O4/c1-8-4-6-15(9(7-8)13(18)19)12(17)11-10(16)3-2-5-14-11/h2-3,5,8-9,16H,4,6-7H2,1H3,(H,18,19). The SMILES string of the molecule is CC1CCN(C(=O)c2ncccc2O)C(C(=O)O)C1. The second-order valence-corrected chi connectivity index (χ2v) is 4.85. The number of hydrogen-bond acceptors (Lipinski definition) is 4. The van der Waals surface area contributed by atoms with Gasteiger partial charge in [0.1, 0.15) is 11.8 Å². The number of piperidine rings is 1. The number of carboxylic acids is 1. The lowest BCUT2D eigenvalue weighted by Crippen LogP contribution is -2.50. The average molecular weight is 264 g/mol. The van der Waals surface area contributed by atoms with E-state index < -0.39 is 17.9 Å². The fourth-order valence-corrected chi connectivity index (χ4v) is 2.32. The van der Waals surface area contributed by atoms with Gasteiger partial charge in [0, 0.05) is 12.7 Å². The van der Waals surface area contributed by atoms with Crippen molar-refractivity contribution >= 4 is 11.9 Å². The van der Waals surface area contributed by atoms with Crippen molar-refractivity contribution in [3.05, 3.63) is 24.0 Å². The summed E-state index contributed by atoms with van der Waals surface area (Å²) in [6, 6.07) is 2.03. The van der Waals surface area contributed by atoms with Crippen LogP contribution in [0, 0.1) is 5.92 Å². The average Bonchev–Trinajstić information content (AvgIpc) is 2.38. The first kappa shape index (κ1) is 13.3. The number of carboxylic acid groups (broad SMARTS) is 1. The first-order valence-electron chi connectivity index (χ1n) is 6.18. The summed E-state index contributed by atoms with van der Waals surface area (Å²) in [5, 5.41) is 18.8. The zero-order valence-corrected chi connectivity index (χ0v) is 10.6. The molecule has 19 heavy (non-hydrogen) atoms. The molecule has 2 rings (SSSR count). The number of carbonyl (C=O) groups excluding carboxylic acids is 1. The molecule has 1 aliphatic heterocycles. The van der Waals surface area contributed by atoms with Crippen LogP contribution in [0.15, 0.2) is 18.3 Å². The Morgan fingerprint density at radius 2 is 2.21 bits per heavy atom. The molecule has 1 aromatic heterocycles. The molecule has 2 heterocycles. The molecule has 6 heteroatoms. The first-order chi connectivity index (χ1) is 9.00. The Labute approximate surface area is 110 Å². The molecule has 0 bridgehead atoms. The minimum absolute atomic E-state index is 0.0942. The Morgan fingerprint density at radius 1 is 1.47 bits per heavy atom. The predicted octanol–water partition coefficient (Wildman–Crippen LogP) is 1.11. The van der Waals surface area contributed by atoms with Crippen LogP contribution in [-0.2, 0) is 4.79 Å². The van der Waals surface area contributed by atoms with E-state index in [1.807, 2.05) is 6.92 Å². The van der Waals surface area contributed by atoms with Crippen LogP contribution in [0.5, 0.6) is 5.75 Å². The molecule has 6 nitrogen and oxygen atoms in total. The Kier molecular flexibility index (Phi) is 3.69. The van der Waals surface area contributed by atoms with Crippen LogP contribution in [0.25, 0.3) is 0 Å². The summed E-state index contributed by atoms with van der Waals surface area (Å²) >= 11 is 0. The van der Waals surface area contributed by atoms with Crippen LogP contribution in [-0.4, -0.2) is 44.6 Å². The van der Waals surface area contributed by atoms with Gasteiger partial charge in [-0.25, -0.2) is 9.78 Å². The highest BCUT2D eigenvalue weighted by Crippen LogP contribution is 2.25. The highest BCUT2D eigenvalue weighted by Gasteiger charge is 2.36. The van der Waals surface area contributed by atoms with Crippen molar-refractivity contribution in [2.75, 3.05) is 6.54 Å². The van der Waals surface area contributed by atoms with E-state index in [9.17, 15) is 19.8 Å². The quantitative estimate of drug-likeness (QED) is 0.835. The van der Waals surface area contributed by atoms with Crippen LogP contribution < -0.4 is 0 Å². The van der Waals surface area contributed by atoms with Crippen molar-refractivity contribution in [1.29, 1.82) is 0 Å². The van der Waals surface area contributed by atoms with Crippen LogP contribution in [0.2, 0.25) is 0 Å². The summed E-state index contributed by atoms with van der Waals surface area (Å²) < 4.78 is 0. The van der Waals surface area contributed by atoms with Gasteiger partial charge in [-0.05, 0) is 30.9 Å². The molecule has 0 spiro atoms. The molecule has 2 N–H and O–H groups in total. The number of aromatic hydroxyl groups is 1. The lowest BCUT2D eigenvalue weighted by Gasteiger charge is -2.35. The maximum Gasteiger partial charge on any atom is 0.326 e. The fraction of sp³-hybridized carbons (Fsp3) is 0.462. The molecule has 1 fully saturated rings. The summed E-state index contributed by atoms with van der Waals surface area (Å²) in [6.07, 6.45) is 2.58. The molecule has 1 amide bonds. The van der Waals surface area contributed by atoms with Crippen molar-refractivity contribution in [3.63, 3.8) is 0 Å². The van der Waals surface area contributed by atoms with Crippen LogP contribution in [0.4, 0.5) is 0 Å². The number of nitrogens with zero attached hydrogens (tertiary/aromatic N) is 2. The minimum Gasteiger partial charge on any atom is -0.505 e. The van der Waals surface area contributed by atoms with Gasteiger partial charge in [0.25, 0.3) is 5.91 Å². The minimum atomic E-state index is -1.02. The Hall–Kier alpha value is -2.11. The van der Waals surface area contributed by atoms with E-state index in [0.717, 1.165) is 6.42 Å². The van der Waals surface area contributed by atoms with Gasteiger partial charge in [0.15, 0.2) is 5.69 Å². The third-order valence-corrected chi connectivity index (χ3v) is 3.40. The van der Waals surface area contributed by atoms with Crippen molar-refractivity contribution in [3.8, 4) is 5.75 Å². The third-order valence-electron chi connectivity index (χ3n) is 3.40. The Bertz CT molecular complexity index is 503. The molecule has 1 aromatic rings. The number of pyridine rings is 1. The molecule has 2 atom stereocenters. The molecule has 1 saturated heterocycles. The third kappa shape index (κ3) is 2.67. The van der Waals surface area contributed by atoms with E-state index in [-0.39, 0.29) is 17.4 Å². The topological polar surface area (TPSA) is 90.7 Å². The maximum atomic E-state index is 12.3. The van der Waals surface area contributed by atoms with Crippen molar-refractivity contribution in [2.24, 2.45) is 5.92 Å². The van der Waals surface area contributed by atoms with Crippen molar-refractivity contribution in [2.45, 2.75) is 25.8 Å². The number of amides is 1. The lowest BCUT2D eigenvalue weighted by atomic mass is 9.92. The molecule has 0 radical (unpaired) electrons. The Morgan fingerprint density at radius 3 is 2.84 bits per heavy atom. The molecule has 2 unspecified atom stereocenters. The largest absolute Gasteiger partial charge is 0.505 e. The number of aliphatic carboxylic acids is 1. The highest BCUT2D eigenvalue weighted by molar-refractivity contribution is 5.97. The second-order valence-electron chi connectivity index (χ2n) is 4.85. The molecular weight excluding hydrogens is 248 g/mol. The lowest BCUT2D eigenvalue weighted by molar-refractivity contribution is -0.144. The molecule has 0 aliphatic carbocycles. The van der Waals surface area contributed by atoms with Gasteiger partial charge in [0.05, 0.1) is 0 Å². The summed E-state index contributed by atoms with van der Waals surface area (Å²) in [5.41, 5.74) is -0.0942. The molecule has 0 aromatic carbocycles. The van der Waals surface area contributed by atoms with Gasteiger partial charge in [-0.15, -0.1) is 0 Å². The normalized spacial score (nSPS) is 23.1. The first-order valence-corrected chi connectivity index (χ1v) is 6.18. The summed E-state index contributed by atoms with van der Waals surface area (Å²) in [6.45, 7) is 2.34. The smallest absolute Gasteiger partial charge is 0.326 e. The molecule has 102 valence electrons. The highest BCUT2D eigenvalue weighted by atomic mass is 16.4. The zero-order valence-electron chi connectivity index (χ0n) is 10.6. The number of aromatic nitrogens is 1. The van der Waals surface area contributed by atoms with Gasteiger partial charge < -0.3 is 15.1 Å². The summed E-state index contributed by atoms with van der Waals surface area (Å²) in [5.74, 6) is -1.51. The maximum absolute atomic E-state index is 12.3. The van der Waals surface area contributed by atoms with Crippen LogP contribution >= 0.6 is 0 Å². The predicted molar refractivity (Wildman–Crippen MR) is 66.8 cm³/mol. The van der Waals surface area contributed by atoms with Gasteiger partial charge >= 0.3 is 5.97 Å². The number of likely N-dealkylation sites (tertiary alicyclic amines) is 1. The Balaban J connectivity index is 2.27. The number of carbonyl (C=O) groups is 2. The number of hydrogen-bond donors (Lipinski definition) is 2. The van der Waals surface area contributed by atoms with Crippen LogP contribution in [0.3, 0.4) is 0 Å². The van der Waals surface area contributed by atoms with E-state index in [2.05, 4.69) is 4.98 Å². The van der Waals surface area contributed by atoms with E-state index in [4.69, 9.17) is 0 Å². The monoisotopic (exact) mass is 264 g/mol. The van der Waals surface area contributed by atoms with E-state index in [1.54, 1.807) is 0 Å². The van der Waals surface area contributed by atoms with Crippen molar-refractivity contribution < 1.29 is 19.8 Å². The van der Waals surface area contributed by atoms with E-state index >= 15 is 0 Å². The summed E-state index contributed by atoms with van der Waals surface area (Å²) in [7, 11) is 0. The van der Waals surface area contributed by atoms with Gasteiger partial charge in [-0.1, -0.05) is 6.92 Å². The van der Waals surface area contributed by atoms with Crippen molar-refractivity contribution in [1.82, 2.24) is 9.88 Å². The van der Waals surface area contributed by atoms with E-state index in [0.29, 0.717) is 13.0 Å². The van der Waals surface area contributed by atoms with E-state index in [1.165, 1.54) is 23.2 Å².